The molecule has 136 heavy (non-hydrogen) atoms. The molecule has 0 bridgehead atoms. The molecule has 28 nitrogen and oxygen atoms in total. The van der Waals surface area contributed by atoms with Gasteiger partial charge in [0, 0.05) is 177 Å². The quantitative estimate of drug-likeness (QED) is 0.0252. The molecule has 12 fully saturated rings. The molecule has 44 heteroatoms. The predicted octanol–water partition coefficient (Wildman–Crippen LogP) is 14.5. The molecule has 744 valence electrons. The molecular weight excluding hydrogens is 1870 g/mol. The first-order chi connectivity index (χ1) is 65.6. The van der Waals surface area contributed by atoms with E-state index in [1.807, 2.05) is 46.5 Å². The summed E-state index contributed by atoms with van der Waals surface area (Å²) in [5.41, 5.74) is 1.21. The second-order valence-corrected chi connectivity index (χ2v) is 40.8. The Morgan fingerprint density at radius 3 is 0.669 bits per heavy atom. The van der Waals surface area contributed by atoms with E-state index in [0.29, 0.717) is 127 Å². The molecule has 20 rings (SSSR count). The number of hydrogen-bond acceptors (Lipinski definition) is 28. The molecule has 4 aromatic carbocycles. The van der Waals surface area contributed by atoms with Crippen molar-refractivity contribution in [2.45, 2.75) is 145 Å². The number of benzene rings is 4. The van der Waals surface area contributed by atoms with Crippen LogP contribution in [0.25, 0.3) is 0 Å². The van der Waals surface area contributed by atoms with E-state index < -0.39 is 47.0 Å². The molecule has 16 heterocycles. The molecule has 0 radical (unpaired) electrons. The molecule has 0 spiro atoms. The second-order valence-electron chi connectivity index (χ2n) is 36.6. The molecule has 12 atom stereocenters. The number of fused-ring (bicyclic) bond motifs is 4. The van der Waals surface area contributed by atoms with E-state index in [4.69, 9.17) is 37.9 Å². The third kappa shape index (κ3) is 24.7. The van der Waals surface area contributed by atoms with Gasteiger partial charge in [-0.15, -0.1) is 40.8 Å². The summed E-state index contributed by atoms with van der Waals surface area (Å²) in [4.78, 5) is 19.1. The van der Waals surface area contributed by atoms with Gasteiger partial charge < -0.3 is 95.4 Å². The van der Waals surface area contributed by atoms with E-state index >= 15 is 0 Å². The number of halogens is 12. The smallest absolute Gasteiger partial charge is 0.376 e. The van der Waals surface area contributed by atoms with E-state index in [-0.39, 0.29) is 24.4 Å². The van der Waals surface area contributed by atoms with Gasteiger partial charge in [0.2, 0.25) is 0 Å². The first kappa shape index (κ1) is 100. The molecule has 4 aromatic heterocycles. The summed E-state index contributed by atoms with van der Waals surface area (Å²) in [5.74, 6) is 9.31. The standard InChI is InChI=1S/4C23H30F3N5O2S/c4*1-29-21(20-15-32-10-11-33-20)27-28-22(29)34-12-2-8-30-13-16-7-9-31(19(16)14-30)18-5-3-17(4-6-18)23(24,25)26/h4*3-6,16,19-20H,2,7-15H2,1H3/t2*16-,19+,20+;2*16-,19+,20-/m1010/s1. The minimum Gasteiger partial charge on any atom is -0.376 e. The van der Waals surface area contributed by atoms with E-state index in [2.05, 4.69) is 80.0 Å². The van der Waals surface area contributed by atoms with Gasteiger partial charge in [-0.05, 0) is 198 Å². The van der Waals surface area contributed by atoms with Crippen molar-refractivity contribution in [2.24, 2.45) is 51.9 Å². The van der Waals surface area contributed by atoms with Crippen molar-refractivity contribution in [3.05, 3.63) is 143 Å². The minimum atomic E-state index is -4.29. The SMILES string of the molecule is Cn1c(SCCCN2C[C@@H]3CCN(c4ccc(C(F)(F)F)cc4)[C@@H]3C2)nnc1[C@@H]1COCCO1.Cn1c(SCCCN2C[C@@H]3CCN(c4ccc(C(F)(F)F)cc4)[C@@H]3C2)nnc1[C@H]1COCCO1.Cn1c(SCCCN2C[C@H]3CCN(c4ccc(C(F)(F)F)cc4)[C@H]3C2)nnc1[C@@H]1COCCO1.Cn1c(SCCCN2C[C@H]3CCN(c4ccc(C(F)(F)F)cc4)[C@H]3C2)nnc1[C@H]1COCCO1. The zero-order valence-electron chi connectivity index (χ0n) is 76.8. The number of thioether (sulfide) groups is 4. The molecule has 8 aromatic rings. The number of ether oxygens (including phenoxy) is 8. The van der Waals surface area contributed by atoms with Crippen LogP contribution in [-0.2, 0) is 90.8 Å². The van der Waals surface area contributed by atoms with Gasteiger partial charge in [-0.25, -0.2) is 0 Å². The van der Waals surface area contributed by atoms with E-state index in [1.54, 1.807) is 95.6 Å². The minimum absolute atomic E-state index is 0.155. The topological polar surface area (TPSA) is 223 Å². The summed E-state index contributed by atoms with van der Waals surface area (Å²) in [6.45, 7) is 22.6. The second kappa shape index (κ2) is 45.3. The Bertz CT molecular complexity index is 4480. The van der Waals surface area contributed by atoms with Crippen molar-refractivity contribution in [2.75, 3.05) is 227 Å². The zero-order chi connectivity index (χ0) is 94.8. The van der Waals surface area contributed by atoms with Gasteiger partial charge >= 0.3 is 24.7 Å². The lowest BCUT2D eigenvalue weighted by atomic mass is 10.0. The van der Waals surface area contributed by atoms with Crippen molar-refractivity contribution >= 4 is 69.8 Å². The maximum atomic E-state index is 12.9. The Hall–Kier alpha value is -7.28. The molecule has 12 saturated heterocycles. The number of nitrogens with zero attached hydrogens (tertiary/aromatic N) is 20. The third-order valence-corrected chi connectivity index (χ3v) is 32.3. The van der Waals surface area contributed by atoms with Gasteiger partial charge in [0.05, 0.1) is 102 Å². The normalized spacial score (nSPS) is 25.8. The van der Waals surface area contributed by atoms with Crippen molar-refractivity contribution in [1.82, 2.24) is 78.7 Å². The molecule has 0 amide bonds. The van der Waals surface area contributed by atoms with E-state index in [9.17, 15) is 52.7 Å². The summed E-state index contributed by atoms with van der Waals surface area (Å²) >= 11 is 6.81. The number of likely N-dealkylation sites (tertiary alicyclic amines) is 4. The van der Waals surface area contributed by atoms with Crippen LogP contribution in [0, 0.1) is 23.7 Å². The average molecular weight is 1990 g/mol. The van der Waals surface area contributed by atoms with Crippen LogP contribution in [0.5, 0.6) is 0 Å². The number of anilines is 4. The van der Waals surface area contributed by atoms with Crippen LogP contribution in [0.15, 0.2) is 118 Å². The Morgan fingerprint density at radius 1 is 0.279 bits per heavy atom. The van der Waals surface area contributed by atoms with E-state index in [0.717, 1.165) is 246 Å². The molecule has 0 saturated carbocycles. The van der Waals surface area contributed by atoms with Crippen LogP contribution >= 0.6 is 47.0 Å². The molecular formula is C92H120F12N20O8S4. The summed E-state index contributed by atoms with van der Waals surface area (Å²) in [7, 11) is 7.86. The fourth-order valence-corrected chi connectivity index (χ4v) is 24.2. The van der Waals surface area contributed by atoms with Crippen LogP contribution in [0.4, 0.5) is 75.4 Å². The highest BCUT2D eigenvalue weighted by atomic mass is 32.2. The lowest BCUT2D eigenvalue weighted by molar-refractivity contribution is -0.138. The van der Waals surface area contributed by atoms with Gasteiger partial charge in [0.15, 0.2) is 43.9 Å². The van der Waals surface area contributed by atoms with Crippen LogP contribution in [0.3, 0.4) is 0 Å². The van der Waals surface area contributed by atoms with Crippen LogP contribution in [0.2, 0.25) is 0 Å². The van der Waals surface area contributed by atoms with Crippen LogP contribution in [0.1, 0.15) is 121 Å². The lowest BCUT2D eigenvalue weighted by Crippen LogP contribution is -2.35. The zero-order valence-corrected chi connectivity index (χ0v) is 80.1. The van der Waals surface area contributed by atoms with Gasteiger partial charge in [-0.3, -0.25) is 0 Å². The molecule has 12 aliphatic rings. The van der Waals surface area contributed by atoms with Crippen molar-refractivity contribution in [1.29, 1.82) is 0 Å². The third-order valence-electron chi connectivity index (χ3n) is 27.9. The van der Waals surface area contributed by atoms with Crippen molar-refractivity contribution < 1.29 is 90.6 Å². The van der Waals surface area contributed by atoms with Gasteiger partial charge in [-0.1, -0.05) is 47.0 Å². The Balaban J connectivity index is 0.000000126. The first-order valence-electron chi connectivity index (χ1n) is 47.1. The summed E-state index contributed by atoms with van der Waals surface area (Å²) in [6, 6.07) is 24.0. The monoisotopic (exact) mass is 1990 g/mol. The predicted molar refractivity (Wildman–Crippen MR) is 492 cm³/mol. The number of hydrogen-bond donors (Lipinski definition) is 0. The van der Waals surface area contributed by atoms with Gasteiger partial charge in [0.1, 0.15) is 24.4 Å². The van der Waals surface area contributed by atoms with E-state index in [1.165, 1.54) is 48.5 Å². The maximum Gasteiger partial charge on any atom is 0.416 e. The number of alkyl halides is 12. The lowest BCUT2D eigenvalue weighted by Gasteiger charge is -2.27. The van der Waals surface area contributed by atoms with Gasteiger partial charge in [0.25, 0.3) is 0 Å². The Kier molecular flexibility index (Phi) is 33.4. The molecule has 0 unspecified atom stereocenters. The summed E-state index contributed by atoms with van der Waals surface area (Å²) in [5, 5.41) is 38.0. The largest absolute Gasteiger partial charge is 0.416 e. The molecule has 0 N–H and O–H groups in total. The van der Waals surface area contributed by atoms with Crippen LogP contribution in [-0.4, -0.2) is 310 Å². The fourth-order valence-electron chi connectivity index (χ4n) is 20.9. The average Bonchev–Trinajstić information content (AvgIpc) is 1.65. The highest BCUT2D eigenvalue weighted by Gasteiger charge is 2.47. The van der Waals surface area contributed by atoms with Crippen LogP contribution < -0.4 is 19.6 Å². The number of aromatic nitrogens is 12. The summed E-state index contributed by atoms with van der Waals surface area (Å²) < 4.78 is 207. The first-order valence-corrected chi connectivity index (χ1v) is 51.0. The molecule has 0 aliphatic carbocycles. The van der Waals surface area contributed by atoms with Crippen molar-refractivity contribution in [3.8, 4) is 0 Å². The van der Waals surface area contributed by atoms with Crippen molar-refractivity contribution in [3.63, 3.8) is 0 Å². The Morgan fingerprint density at radius 2 is 0.485 bits per heavy atom. The summed E-state index contributed by atoms with van der Waals surface area (Å²) in [6.07, 6.45) is -9.29. The van der Waals surface area contributed by atoms with Gasteiger partial charge in [-0.2, -0.15) is 52.7 Å². The molecule has 12 aliphatic heterocycles. The fraction of sp³-hybridized carbons (Fsp3) is 0.652. The highest BCUT2D eigenvalue weighted by Crippen LogP contribution is 2.44. The maximum absolute atomic E-state index is 12.9. The highest BCUT2D eigenvalue weighted by molar-refractivity contribution is 7.99. The number of rotatable bonds is 28. The Labute approximate surface area is 800 Å².